The van der Waals surface area contributed by atoms with Crippen molar-refractivity contribution in [1.82, 2.24) is 4.98 Å². The molecule has 138 valence electrons. The lowest BCUT2D eigenvalue weighted by Gasteiger charge is -2.08. The van der Waals surface area contributed by atoms with Crippen LogP contribution in [0.15, 0.2) is 29.3 Å². The standard InChI is InChI=1S/C16H13N5O5S/c1-9-5-10(2)18-16(12(9)7-17)27-8-15(22)19-13-4-3-11(20(23)24)6-14(13)21(25)26/h3-6H,8H2,1-2H3,(H,19,22). The number of nitro groups is 2. The molecule has 10 nitrogen and oxygen atoms in total. The Balaban J connectivity index is 2.17. The molecule has 0 aliphatic carbocycles. The molecule has 0 unspecified atom stereocenters. The second-order valence-corrected chi connectivity index (χ2v) is 6.39. The molecule has 0 aliphatic heterocycles. The van der Waals surface area contributed by atoms with Crippen LogP contribution in [-0.2, 0) is 4.79 Å². The van der Waals surface area contributed by atoms with Crippen LogP contribution in [-0.4, -0.2) is 26.5 Å². The molecule has 0 bridgehead atoms. The Kier molecular flexibility index (Phi) is 6.04. The number of nitriles is 1. The molecule has 1 aromatic heterocycles. The fourth-order valence-corrected chi connectivity index (χ4v) is 3.15. The van der Waals surface area contributed by atoms with Gasteiger partial charge in [-0.3, -0.25) is 25.0 Å². The zero-order valence-corrected chi connectivity index (χ0v) is 15.1. The second kappa shape index (κ2) is 8.24. The van der Waals surface area contributed by atoms with Gasteiger partial charge in [0.1, 0.15) is 16.8 Å². The minimum atomic E-state index is -0.811. The van der Waals surface area contributed by atoms with Crippen LogP contribution in [0.25, 0.3) is 0 Å². The van der Waals surface area contributed by atoms with Crippen LogP contribution in [0.1, 0.15) is 16.8 Å². The summed E-state index contributed by atoms with van der Waals surface area (Å²) in [5, 5.41) is 33.8. The maximum absolute atomic E-state index is 12.1. The summed E-state index contributed by atoms with van der Waals surface area (Å²) in [7, 11) is 0. The van der Waals surface area contributed by atoms with Gasteiger partial charge < -0.3 is 5.32 Å². The third-order valence-electron chi connectivity index (χ3n) is 3.43. The van der Waals surface area contributed by atoms with E-state index in [2.05, 4.69) is 10.3 Å². The van der Waals surface area contributed by atoms with Crippen molar-refractivity contribution in [3.63, 3.8) is 0 Å². The molecular weight excluding hydrogens is 374 g/mol. The Bertz CT molecular complexity index is 986. The normalized spacial score (nSPS) is 10.1. The van der Waals surface area contributed by atoms with Crippen LogP contribution in [0, 0.1) is 45.4 Å². The highest BCUT2D eigenvalue weighted by Gasteiger charge is 2.21. The third kappa shape index (κ3) is 4.77. The Morgan fingerprint density at radius 3 is 2.56 bits per heavy atom. The highest BCUT2D eigenvalue weighted by Crippen LogP contribution is 2.29. The van der Waals surface area contributed by atoms with Gasteiger partial charge in [0.2, 0.25) is 5.91 Å². The Hall–Kier alpha value is -3.52. The van der Waals surface area contributed by atoms with Crippen LogP contribution in [0.3, 0.4) is 0 Å². The number of anilines is 1. The van der Waals surface area contributed by atoms with Gasteiger partial charge >= 0.3 is 0 Å². The van der Waals surface area contributed by atoms with E-state index in [1.165, 1.54) is 0 Å². The predicted octanol–water partition coefficient (Wildman–Crippen LogP) is 3.12. The second-order valence-electron chi connectivity index (χ2n) is 5.43. The van der Waals surface area contributed by atoms with E-state index in [1.54, 1.807) is 19.9 Å². The van der Waals surface area contributed by atoms with E-state index in [9.17, 15) is 30.3 Å². The smallest absolute Gasteiger partial charge is 0.299 e. The van der Waals surface area contributed by atoms with Gasteiger partial charge in [0.15, 0.2) is 0 Å². The maximum Gasteiger partial charge on any atom is 0.299 e. The van der Waals surface area contributed by atoms with E-state index in [0.717, 1.165) is 35.5 Å². The molecule has 0 saturated heterocycles. The molecular formula is C16H13N5O5S. The van der Waals surface area contributed by atoms with Gasteiger partial charge in [-0.1, -0.05) is 11.8 Å². The number of hydrogen-bond acceptors (Lipinski definition) is 8. The van der Waals surface area contributed by atoms with E-state index in [4.69, 9.17) is 0 Å². The number of non-ortho nitro benzene ring substituents is 1. The summed E-state index contributed by atoms with van der Waals surface area (Å²) in [6, 6.07) is 6.74. The number of amides is 1. The first-order valence-corrected chi connectivity index (χ1v) is 8.45. The van der Waals surface area contributed by atoms with Crippen molar-refractivity contribution in [1.29, 1.82) is 5.26 Å². The van der Waals surface area contributed by atoms with Gasteiger partial charge in [0.05, 0.1) is 27.2 Å². The number of carbonyl (C=O) groups is 1. The first-order valence-electron chi connectivity index (χ1n) is 7.46. The zero-order valence-electron chi connectivity index (χ0n) is 14.3. The minimum Gasteiger partial charge on any atom is -0.320 e. The van der Waals surface area contributed by atoms with E-state index in [0.29, 0.717) is 16.3 Å². The van der Waals surface area contributed by atoms with Gasteiger partial charge in [-0.2, -0.15) is 5.26 Å². The molecule has 0 aliphatic rings. The van der Waals surface area contributed by atoms with Crippen molar-refractivity contribution in [2.75, 3.05) is 11.1 Å². The van der Waals surface area contributed by atoms with Crippen LogP contribution < -0.4 is 5.32 Å². The molecule has 2 rings (SSSR count). The maximum atomic E-state index is 12.1. The Morgan fingerprint density at radius 2 is 1.96 bits per heavy atom. The topological polar surface area (TPSA) is 152 Å². The average molecular weight is 387 g/mol. The number of aromatic nitrogens is 1. The van der Waals surface area contributed by atoms with Crippen molar-refractivity contribution < 1.29 is 14.6 Å². The first kappa shape index (κ1) is 19.8. The number of aryl methyl sites for hydroxylation is 2. The summed E-state index contributed by atoms with van der Waals surface area (Å²) in [6.45, 7) is 3.52. The highest BCUT2D eigenvalue weighted by atomic mass is 32.2. The lowest BCUT2D eigenvalue weighted by Crippen LogP contribution is -2.15. The summed E-state index contributed by atoms with van der Waals surface area (Å²) >= 11 is 1.03. The van der Waals surface area contributed by atoms with Gasteiger partial charge in [-0.15, -0.1) is 0 Å². The van der Waals surface area contributed by atoms with E-state index >= 15 is 0 Å². The average Bonchev–Trinajstić information content (AvgIpc) is 2.59. The van der Waals surface area contributed by atoms with Gasteiger partial charge in [-0.25, -0.2) is 4.98 Å². The monoisotopic (exact) mass is 387 g/mol. The first-order chi connectivity index (χ1) is 12.7. The van der Waals surface area contributed by atoms with Gasteiger partial charge in [0.25, 0.3) is 11.4 Å². The molecule has 0 spiro atoms. The molecule has 1 aromatic carbocycles. The molecule has 1 N–H and O–H groups in total. The van der Waals surface area contributed by atoms with Crippen molar-refractivity contribution in [2.24, 2.45) is 0 Å². The van der Waals surface area contributed by atoms with Gasteiger partial charge in [-0.05, 0) is 31.5 Å². The van der Waals surface area contributed by atoms with Crippen LogP contribution in [0.4, 0.5) is 17.1 Å². The zero-order chi connectivity index (χ0) is 20.1. The number of thioether (sulfide) groups is 1. The van der Waals surface area contributed by atoms with Crippen LogP contribution in [0.5, 0.6) is 0 Å². The molecule has 2 aromatic rings. The van der Waals surface area contributed by atoms with E-state index in [-0.39, 0.29) is 11.4 Å². The highest BCUT2D eigenvalue weighted by molar-refractivity contribution is 8.00. The van der Waals surface area contributed by atoms with Crippen molar-refractivity contribution >= 4 is 34.7 Å². The molecule has 27 heavy (non-hydrogen) atoms. The van der Waals surface area contributed by atoms with E-state index < -0.39 is 27.1 Å². The van der Waals surface area contributed by atoms with Crippen molar-refractivity contribution in [3.8, 4) is 6.07 Å². The molecule has 11 heteroatoms. The fraction of sp³-hybridized carbons (Fsp3) is 0.188. The number of benzene rings is 1. The summed E-state index contributed by atoms with van der Waals surface area (Å²) in [5.41, 5.74) is 0.612. The Labute approximate surface area is 157 Å². The summed E-state index contributed by atoms with van der Waals surface area (Å²) < 4.78 is 0. The number of nitrogens with zero attached hydrogens (tertiary/aromatic N) is 4. The molecule has 0 radical (unpaired) electrons. The molecule has 1 amide bonds. The van der Waals surface area contributed by atoms with Crippen LogP contribution >= 0.6 is 11.8 Å². The third-order valence-corrected chi connectivity index (χ3v) is 4.40. The molecule has 0 fully saturated rings. The molecule has 0 saturated carbocycles. The summed E-state index contributed by atoms with van der Waals surface area (Å²) in [5.74, 6) is -0.708. The largest absolute Gasteiger partial charge is 0.320 e. The molecule has 1 heterocycles. The number of carbonyl (C=O) groups excluding carboxylic acids is 1. The van der Waals surface area contributed by atoms with Crippen LogP contribution in [0.2, 0.25) is 0 Å². The lowest BCUT2D eigenvalue weighted by molar-refractivity contribution is -0.393. The number of pyridine rings is 1. The summed E-state index contributed by atoms with van der Waals surface area (Å²) in [4.78, 5) is 36.7. The van der Waals surface area contributed by atoms with Crippen molar-refractivity contribution in [2.45, 2.75) is 18.9 Å². The SMILES string of the molecule is Cc1cc(C)c(C#N)c(SCC(=O)Nc2ccc([N+](=O)[O-])cc2[N+](=O)[O-])n1. The predicted molar refractivity (Wildman–Crippen MR) is 97.5 cm³/mol. The number of nitro benzene ring substituents is 2. The minimum absolute atomic E-state index is 0.140. The summed E-state index contributed by atoms with van der Waals surface area (Å²) in [6.07, 6.45) is 0. The Morgan fingerprint density at radius 1 is 1.26 bits per heavy atom. The number of rotatable bonds is 6. The number of nitrogens with one attached hydrogen (secondary N) is 1. The number of hydrogen-bond donors (Lipinski definition) is 1. The lowest BCUT2D eigenvalue weighted by atomic mass is 10.1. The van der Waals surface area contributed by atoms with E-state index in [1.807, 2.05) is 6.07 Å². The van der Waals surface area contributed by atoms with Gasteiger partial charge in [0, 0.05) is 11.8 Å². The molecule has 0 atom stereocenters. The quantitative estimate of drug-likeness (QED) is 0.451. The van der Waals surface area contributed by atoms with Crippen molar-refractivity contribution in [3.05, 3.63) is 61.3 Å². The fourth-order valence-electron chi connectivity index (χ4n) is 2.25.